The van der Waals surface area contributed by atoms with E-state index in [1.165, 1.54) is 47.2 Å². The van der Waals surface area contributed by atoms with Crippen LogP contribution in [0, 0.1) is 21.7 Å². The molecule has 0 saturated heterocycles. The first-order chi connectivity index (χ1) is 54.7. The van der Waals surface area contributed by atoms with Gasteiger partial charge in [0.15, 0.2) is 0 Å². The first-order valence-electron chi connectivity index (χ1n) is 39.6. The number of nitrogens with one attached hydrogen (secondary N) is 1. The van der Waals surface area contributed by atoms with Gasteiger partial charge in [0.2, 0.25) is 0 Å². The number of benzene rings is 14. The number of hydrogen-bond acceptors (Lipinski definition) is 7. The van der Waals surface area contributed by atoms with E-state index in [0.29, 0.717) is 106 Å². The zero-order valence-corrected chi connectivity index (χ0v) is 79.0. The molecule has 17 rings (SSSR count). The number of esters is 2. The third kappa shape index (κ3) is 15.3. The molecule has 608 valence electrons. The van der Waals surface area contributed by atoms with E-state index < -0.39 is 23.2 Å². The Hall–Kier alpha value is -7.16. The Morgan fingerprint density at radius 1 is 0.297 bits per heavy atom. The van der Waals surface area contributed by atoms with Crippen molar-refractivity contribution in [1.29, 1.82) is 0 Å². The SMILES string of the molecule is CC(C)(C)CC(C)(C)c1ccc(-n2c3ccc(C(C)(C)CC(C)(C)C)cc3c3cc(Cl)c4c5c(Cl)cc6c(=O)oc(=O)c7cc(Cl)c(c8c(Cl)cc2c3c48)c5c67)cc1.CC(C)(C)CC(C)(C)c1ccc(Nc2ccc(C(C)(C)CC(C)(C)C)cc2)cc1.O=C1OC(=O)c2cc(Cl)c3c4c(Cl)cc(Br)c5c(Br)cc(Cl)c(c6c(Cl)cc1c2c63)c54. The lowest BCUT2D eigenvalue weighted by Crippen LogP contribution is -2.25. The molecule has 1 aliphatic rings. The Labute approximate surface area is 744 Å². The lowest BCUT2D eigenvalue weighted by Gasteiger charge is -2.34. The predicted octanol–water partition coefficient (Wildman–Crippen LogP) is 33.8. The van der Waals surface area contributed by atoms with Crippen molar-refractivity contribution in [2.24, 2.45) is 21.7 Å². The molecule has 0 fully saturated rings. The van der Waals surface area contributed by atoms with Gasteiger partial charge in [0.25, 0.3) is 0 Å². The maximum absolute atomic E-state index is 13.2. The van der Waals surface area contributed by atoms with Gasteiger partial charge in [-0.2, -0.15) is 0 Å². The summed E-state index contributed by atoms with van der Waals surface area (Å²) in [5.41, 5.74) is 10.4. The van der Waals surface area contributed by atoms with Crippen molar-refractivity contribution in [2.75, 3.05) is 5.32 Å². The number of pyridine rings is 1. The molecule has 3 heterocycles. The molecule has 18 heteroatoms. The molecule has 8 nitrogen and oxygen atoms in total. The number of nitrogens with zero attached hydrogens (tertiary/aromatic N) is 1. The molecule has 0 aliphatic carbocycles. The van der Waals surface area contributed by atoms with E-state index in [1.54, 1.807) is 24.3 Å². The van der Waals surface area contributed by atoms with Crippen molar-refractivity contribution in [2.45, 2.75) is 186 Å². The van der Waals surface area contributed by atoms with E-state index >= 15 is 0 Å². The zero-order chi connectivity index (χ0) is 85.8. The minimum atomic E-state index is -0.766. The molecule has 1 aliphatic heterocycles. The second kappa shape index (κ2) is 29.8. The summed E-state index contributed by atoms with van der Waals surface area (Å²) in [6.07, 6.45) is 4.35. The molecule has 0 spiro atoms. The normalized spacial score (nSPS) is 13.6. The molecule has 0 amide bonds. The van der Waals surface area contributed by atoms with Crippen LogP contribution in [-0.4, -0.2) is 16.5 Å². The van der Waals surface area contributed by atoms with Gasteiger partial charge in [-0.1, -0.05) is 306 Å². The van der Waals surface area contributed by atoms with E-state index in [1.807, 2.05) is 12.1 Å². The van der Waals surface area contributed by atoms with Gasteiger partial charge in [-0.25, -0.2) is 19.2 Å². The third-order valence-corrected chi connectivity index (χ3v) is 27.0. The van der Waals surface area contributed by atoms with Crippen molar-refractivity contribution in [3.05, 3.63) is 243 Å². The van der Waals surface area contributed by atoms with Crippen LogP contribution in [0.5, 0.6) is 0 Å². The Kier molecular flexibility index (Phi) is 21.7. The minimum Gasteiger partial charge on any atom is -0.386 e. The topological polar surface area (TPSA) is 108 Å². The average Bonchev–Trinajstić information content (AvgIpc) is 0.684. The number of carbonyl (C=O) groups excluding carboxylic acids is 2. The van der Waals surface area contributed by atoms with Gasteiger partial charge in [-0.3, -0.25) is 0 Å². The summed E-state index contributed by atoms with van der Waals surface area (Å²) >= 11 is 63.5. The molecule has 0 unspecified atom stereocenters. The molecule has 0 bridgehead atoms. The third-order valence-electron chi connectivity index (χ3n) is 23.3. The van der Waals surface area contributed by atoms with Crippen molar-refractivity contribution in [3.8, 4) is 5.69 Å². The molecule has 1 N–H and O–H groups in total. The second-order valence-corrected chi connectivity index (χ2v) is 44.8. The molecule has 0 radical (unpaired) electrons. The Balaban J connectivity index is 0.000000153. The van der Waals surface area contributed by atoms with E-state index in [0.717, 1.165) is 82.2 Å². The summed E-state index contributed by atoms with van der Waals surface area (Å²) in [5.74, 6) is -1.53. The van der Waals surface area contributed by atoms with Crippen LogP contribution in [0.25, 0.3) is 124 Å². The van der Waals surface area contributed by atoms with Crippen LogP contribution in [-0.2, 0) is 26.4 Å². The fraction of sp³-hybridized carbons (Fsp3) is 0.320. The number of halogens is 10. The number of ether oxygens (including phenoxy) is 1. The monoisotopic (exact) mass is 1850 g/mol. The molecule has 14 aromatic carbocycles. The second-order valence-electron chi connectivity index (χ2n) is 39.8. The molecule has 2 aromatic heterocycles. The number of cyclic esters (lactones) is 2. The van der Waals surface area contributed by atoms with Gasteiger partial charge in [-0.15, -0.1) is 0 Å². The molecule has 0 atom stereocenters. The maximum Gasteiger partial charge on any atom is 0.346 e. The van der Waals surface area contributed by atoms with Crippen molar-refractivity contribution >= 4 is 267 Å². The van der Waals surface area contributed by atoms with Gasteiger partial charge in [0, 0.05) is 143 Å². The average molecular weight is 1860 g/mol. The number of anilines is 2. The molecular formula is C100H92Br2Cl8N2O6. The highest BCUT2D eigenvalue weighted by Crippen LogP contribution is 2.58. The van der Waals surface area contributed by atoms with Crippen LogP contribution >= 0.6 is 125 Å². The summed E-state index contributed by atoms with van der Waals surface area (Å²) in [4.78, 5) is 51.3. The van der Waals surface area contributed by atoms with Gasteiger partial charge in [0.1, 0.15) is 0 Å². The van der Waals surface area contributed by atoms with Crippen molar-refractivity contribution < 1.29 is 18.7 Å². The minimum absolute atomic E-state index is 0.0356. The molecule has 16 aromatic rings. The number of fused-ring (bicyclic) bond motifs is 6. The van der Waals surface area contributed by atoms with Crippen LogP contribution in [0.1, 0.15) is 207 Å². The highest BCUT2D eigenvalue weighted by Gasteiger charge is 2.37. The summed E-state index contributed by atoms with van der Waals surface area (Å²) < 4.78 is 13.8. The number of carbonyl (C=O) groups is 2. The van der Waals surface area contributed by atoms with E-state index in [4.69, 9.17) is 102 Å². The lowest BCUT2D eigenvalue weighted by molar-refractivity contribution is 0.0391. The van der Waals surface area contributed by atoms with Crippen LogP contribution in [0.2, 0.25) is 40.2 Å². The molecular weight excluding hydrogens is 1770 g/mol. The quantitative estimate of drug-likeness (QED) is 0.0595. The van der Waals surface area contributed by atoms with Crippen LogP contribution < -0.4 is 16.6 Å². The van der Waals surface area contributed by atoms with Gasteiger partial charge in [-0.05, 0) is 194 Å². The Morgan fingerprint density at radius 2 is 0.602 bits per heavy atom. The number of hydrogen-bond donors (Lipinski definition) is 1. The molecule has 0 saturated carbocycles. The van der Waals surface area contributed by atoms with Crippen LogP contribution in [0.3, 0.4) is 0 Å². The number of aromatic nitrogens is 1. The van der Waals surface area contributed by atoms with Crippen LogP contribution in [0.4, 0.5) is 11.4 Å². The van der Waals surface area contributed by atoms with Gasteiger partial charge >= 0.3 is 23.2 Å². The smallest absolute Gasteiger partial charge is 0.346 e. The largest absolute Gasteiger partial charge is 0.386 e. The number of rotatable bonds is 11. The summed E-state index contributed by atoms with van der Waals surface area (Å²) in [6, 6.07) is 47.4. The Bertz CT molecular complexity index is 6770. The van der Waals surface area contributed by atoms with E-state index in [2.05, 4.69) is 271 Å². The van der Waals surface area contributed by atoms with Crippen molar-refractivity contribution in [1.82, 2.24) is 4.57 Å². The van der Waals surface area contributed by atoms with E-state index in [9.17, 15) is 19.2 Å². The highest BCUT2D eigenvalue weighted by atomic mass is 79.9. The van der Waals surface area contributed by atoms with E-state index in [-0.39, 0.29) is 64.4 Å². The first kappa shape index (κ1) is 85.8. The fourth-order valence-electron chi connectivity index (χ4n) is 20.3. The maximum atomic E-state index is 13.2. The molecule has 118 heavy (non-hydrogen) atoms. The summed E-state index contributed by atoms with van der Waals surface area (Å²) in [5, 5.41) is 19.3. The fourth-order valence-corrected chi connectivity index (χ4v) is 24.5. The Morgan fingerprint density at radius 3 is 0.983 bits per heavy atom. The van der Waals surface area contributed by atoms with Gasteiger partial charge < -0.3 is 19.0 Å². The first-order valence-corrected chi connectivity index (χ1v) is 44.2. The van der Waals surface area contributed by atoms with Gasteiger partial charge in [0.05, 0.1) is 48.0 Å². The highest BCUT2D eigenvalue weighted by molar-refractivity contribution is 9.11. The summed E-state index contributed by atoms with van der Waals surface area (Å²) in [6.45, 7) is 46.3. The lowest BCUT2D eigenvalue weighted by atomic mass is 9.72. The summed E-state index contributed by atoms with van der Waals surface area (Å²) in [7, 11) is 0. The standard InChI is InChI=1S/C50H45Cl4NO3.C28H43N.C22H4Br2Cl4O3/c1-47(2,3)22-49(7,8)24-11-14-26(15-12-24)55-35-16-13-25(50(9,10)23-48(4,5)6)17-27(35)28-18-31(51)41-39-32(52)19-29-37-30(46(57)58-45(29)56)20-33(53)40(43(37)39)42-34(54)21-36(55)38(28)44(41)42;1-25(2,3)19-27(7,8)21-11-15-23(16-12-21)29-24-17-13-22(14-18-24)28(9,10)20-26(4,5)6;23-7-3-11(27)17-15-9(25)1-5-13-6(22(30)31-21(5)29)2-10(26)16(19(13)15)18-12(28)4-8(24)14(7)20(17)18/h11-21H,22-23H2,1-10H3;11-18,29H,19-20H2,1-10H3;1-4H. The van der Waals surface area contributed by atoms with Crippen molar-refractivity contribution in [3.63, 3.8) is 0 Å². The van der Waals surface area contributed by atoms with Crippen LogP contribution in [0.15, 0.2) is 162 Å². The predicted molar refractivity (Wildman–Crippen MR) is 513 cm³/mol. The zero-order valence-electron chi connectivity index (χ0n) is 69.8.